The minimum absolute atomic E-state index is 0.173. The molecular formula is C21H30FN3O2. The van der Waals surface area contributed by atoms with E-state index in [4.69, 9.17) is 5.73 Å². The average Bonchev–Trinajstić information content (AvgIpc) is 2.69. The van der Waals surface area contributed by atoms with E-state index in [1.165, 1.54) is 18.6 Å². The maximum absolute atomic E-state index is 13.0. The molecular weight excluding hydrogens is 345 g/mol. The number of piperidine rings is 2. The zero-order valence-corrected chi connectivity index (χ0v) is 15.9. The summed E-state index contributed by atoms with van der Waals surface area (Å²) in [5.74, 6) is -0.323. The summed E-state index contributed by atoms with van der Waals surface area (Å²) in [6, 6.07) is 5.83. The first-order chi connectivity index (χ1) is 13.0. The summed E-state index contributed by atoms with van der Waals surface area (Å²) in [4.78, 5) is 16.9. The van der Waals surface area contributed by atoms with Crippen molar-refractivity contribution in [2.75, 3.05) is 32.7 Å². The maximum Gasteiger partial charge on any atom is 0.238 e. The van der Waals surface area contributed by atoms with Crippen LogP contribution in [0.15, 0.2) is 30.3 Å². The van der Waals surface area contributed by atoms with E-state index in [2.05, 4.69) is 9.80 Å². The average molecular weight is 375 g/mol. The number of hydrogen-bond donors (Lipinski definition) is 2. The number of nitrogens with two attached hydrogens (primary N) is 1. The molecule has 2 aliphatic rings. The third-order valence-electron chi connectivity index (χ3n) is 6.03. The van der Waals surface area contributed by atoms with Crippen LogP contribution in [0.4, 0.5) is 4.39 Å². The van der Waals surface area contributed by atoms with E-state index < -0.39 is 5.54 Å². The van der Waals surface area contributed by atoms with Crippen molar-refractivity contribution < 1.29 is 14.3 Å². The molecule has 0 aromatic heterocycles. The molecule has 5 nitrogen and oxygen atoms in total. The van der Waals surface area contributed by atoms with Gasteiger partial charge in [0, 0.05) is 25.2 Å². The smallest absolute Gasteiger partial charge is 0.238 e. The minimum atomic E-state index is -0.483. The lowest BCUT2D eigenvalue weighted by molar-refractivity contribution is -0.134. The van der Waals surface area contributed by atoms with Crippen molar-refractivity contribution in [2.24, 2.45) is 5.73 Å². The molecule has 0 aliphatic carbocycles. The molecule has 2 fully saturated rings. The first-order valence-electron chi connectivity index (χ1n) is 9.94. The van der Waals surface area contributed by atoms with E-state index in [9.17, 15) is 14.3 Å². The van der Waals surface area contributed by atoms with Crippen LogP contribution in [-0.2, 0) is 4.79 Å². The number of carbonyl (C=O) groups excluding carboxylic acids is 1. The second-order valence-electron chi connectivity index (χ2n) is 7.67. The fourth-order valence-corrected chi connectivity index (χ4v) is 4.31. The molecule has 1 aromatic rings. The minimum Gasteiger partial charge on any atom is -0.508 e. The van der Waals surface area contributed by atoms with Crippen molar-refractivity contribution in [3.63, 3.8) is 0 Å². The molecule has 2 aliphatic heterocycles. The zero-order valence-electron chi connectivity index (χ0n) is 15.9. The number of amides is 1. The van der Waals surface area contributed by atoms with Gasteiger partial charge in [0.25, 0.3) is 0 Å². The lowest BCUT2D eigenvalue weighted by Gasteiger charge is -2.48. The third-order valence-corrected chi connectivity index (χ3v) is 6.03. The normalized spacial score (nSPS) is 21.9. The molecule has 1 amide bonds. The van der Waals surface area contributed by atoms with Crippen LogP contribution in [0, 0.1) is 5.82 Å². The second-order valence-corrected chi connectivity index (χ2v) is 7.67. The van der Waals surface area contributed by atoms with E-state index in [1.54, 1.807) is 18.2 Å². The summed E-state index contributed by atoms with van der Waals surface area (Å²) >= 11 is 0. The highest BCUT2D eigenvalue weighted by Crippen LogP contribution is 2.31. The molecule has 0 spiro atoms. The van der Waals surface area contributed by atoms with Crippen LogP contribution < -0.4 is 5.73 Å². The van der Waals surface area contributed by atoms with Gasteiger partial charge in [-0.3, -0.25) is 9.69 Å². The topological polar surface area (TPSA) is 69.8 Å². The molecule has 27 heavy (non-hydrogen) atoms. The molecule has 6 heteroatoms. The second kappa shape index (κ2) is 8.85. The number of halogens is 1. The summed E-state index contributed by atoms with van der Waals surface area (Å²) in [6.07, 6.45) is 7.55. The molecule has 2 saturated heterocycles. The number of hydrogen-bond acceptors (Lipinski definition) is 4. The van der Waals surface area contributed by atoms with Crippen LogP contribution in [0.3, 0.4) is 0 Å². The number of aliphatic hydroxyl groups is 1. The highest BCUT2D eigenvalue weighted by molar-refractivity contribution is 5.84. The van der Waals surface area contributed by atoms with E-state index in [-0.39, 0.29) is 17.5 Å². The number of aliphatic hydroxyl groups excluding tert-OH is 1. The van der Waals surface area contributed by atoms with Crippen LogP contribution in [-0.4, -0.2) is 59.1 Å². The summed E-state index contributed by atoms with van der Waals surface area (Å²) in [6.45, 7) is 4.43. The first-order valence-corrected chi connectivity index (χ1v) is 9.94. The van der Waals surface area contributed by atoms with Gasteiger partial charge in [-0.1, -0.05) is 6.42 Å². The summed E-state index contributed by atoms with van der Waals surface area (Å²) < 4.78 is 13.0. The molecule has 0 saturated carbocycles. The van der Waals surface area contributed by atoms with Gasteiger partial charge in [-0.25, -0.2) is 4.39 Å². The molecule has 1 aromatic carbocycles. The zero-order chi connectivity index (χ0) is 19.3. The van der Waals surface area contributed by atoms with E-state index in [0.29, 0.717) is 12.0 Å². The Hall–Kier alpha value is -1.92. The molecule has 0 atom stereocenters. The molecule has 0 radical (unpaired) electrons. The Morgan fingerprint density at radius 1 is 1.11 bits per heavy atom. The van der Waals surface area contributed by atoms with Crippen LogP contribution in [0.25, 0.3) is 5.76 Å². The van der Waals surface area contributed by atoms with Crippen LogP contribution in [0.5, 0.6) is 0 Å². The molecule has 148 valence electrons. The van der Waals surface area contributed by atoms with Crippen molar-refractivity contribution in [2.45, 2.75) is 44.1 Å². The predicted octanol–water partition coefficient (Wildman–Crippen LogP) is 2.92. The van der Waals surface area contributed by atoms with Crippen LogP contribution in [0.2, 0.25) is 0 Å². The van der Waals surface area contributed by atoms with Gasteiger partial charge < -0.3 is 15.7 Å². The Morgan fingerprint density at radius 2 is 1.74 bits per heavy atom. The van der Waals surface area contributed by atoms with Crippen molar-refractivity contribution >= 4 is 11.7 Å². The summed E-state index contributed by atoms with van der Waals surface area (Å²) in [5.41, 5.74) is 5.96. The molecule has 3 N–H and O–H groups in total. The summed E-state index contributed by atoms with van der Waals surface area (Å²) in [7, 11) is 0. The Balaban J connectivity index is 1.51. The van der Waals surface area contributed by atoms with Gasteiger partial charge in [-0.15, -0.1) is 0 Å². The monoisotopic (exact) mass is 375 g/mol. The standard InChI is InChI=1S/C21H30FN3O2/c22-18-8-6-17(7-9-18)19(26)5-4-12-24-15-10-21(11-16-24,20(23)27)25-13-2-1-3-14-25/h5-9,26H,1-4,10-16H2,(H2,23,27)/b19-5-. The largest absolute Gasteiger partial charge is 0.508 e. The summed E-state index contributed by atoms with van der Waals surface area (Å²) in [5, 5.41) is 10.1. The number of rotatable bonds is 6. The van der Waals surface area contributed by atoms with Gasteiger partial charge in [-0.2, -0.15) is 0 Å². The fraction of sp³-hybridized carbons (Fsp3) is 0.571. The predicted molar refractivity (Wildman–Crippen MR) is 105 cm³/mol. The third kappa shape index (κ3) is 4.68. The number of nitrogens with zero attached hydrogens (tertiary/aromatic N) is 2. The fourth-order valence-electron chi connectivity index (χ4n) is 4.31. The maximum atomic E-state index is 13.0. The van der Waals surface area contributed by atoms with E-state index >= 15 is 0 Å². The van der Waals surface area contributed by atoms with Crippen LogP contribution in [0.1, 0.15) is 44.1 Å². The highest BCUT2D eigenvalue weighted by Gasteiger charge is 2.44. The van der Waals surface area contributed by atoms with Crippen molar-refractivity contribution in [3.8, 4) is 0 Å². The number of carbonyl (C=O) groups is 1. The molecule has 0 unspecified atom stereocenters. The SMILES string of the molecule is NC(=O)C1(N2CCCCC2)CCN(CC/C=C(\O)c2ccc(F)cc2)CC1. The molecule has 0 bridgehead atoms. The highest BCUT2D eigenvalue weighted by atomic mass is 19.1. The Kier molecular flexibility index (Phi) is 6.50. The van der Waals surface area contributed by atoms with Gasteiger partial charge in [0.2, 0.25) is 5.91 Å². The van der Waals surface area contributed by atoms with E-state index in [0.717, 1.165) is 58.4 Å². The van der Waals surface area contributed by atoms with E-state index in [1.807, 2.05) is 0 Å². The van der Waals surface area contributed by atoms with Crippen molar-refractivity contribution in [1.29, 1.82) is 0 Å². The molecule has 2 heterocycles. The van der Waals surface area contributed by atoms with Gasteiger partial charge in [-0.05, 0) is 75.5 Å². The van der Waals surface area contributed by atoms with Crippen LogP contribution >= 0.6 is 0 Å². The first kappa shape index (κ1) is 19.8. The number of primary amides is 1. The van der Waals surface area contributed by atoms with Gasteiger partial charge in [0.05, 0.1) is 0 Å². The molecule has 3 rings (SSSR count). The van der Waals surface area contributed by atoms with Crippen molar-refractivity contribution in [1.82, 2.24) is 9.80 Å². The van der Waals surface area contributed by atoms with Gasteiger partial charge >= 0.3 is 0 Å². The van der Waals surface area contributed by atoms with Gasteiger partial charge in [0.1, 0.15) is 17.1 Å². The Bertz CT molecular complexity index is 661. The number of likely N-dealkylation sites (tertiary alicyclic amines) is 2. The Morgan fingerprint density at radius 3 is 2.33 bits per heavy atom. The van der Waals surface area contributed by atoms with Gasteiger partial charge in [0.15, 0.2) is 0 Å². The lowest BCUT2D eigenvalue weighted by atomic mass is 9.83. The Labute approximate surface area is 160 Å². The lowest BCUT2D eigenvalue weighted by Crippen LogP contribution is -2.63. The quantitative estimate of drug-likeness (QED) is 0.750. The number of benzene rings is 1. The van der Waals surface area contributed by atoms with Crippen molar-refractivity contribution in [3.05, 3.63) is 41.7 Å².